The standard InChI is InChI=1S/C19H24O5S/c1-19-8-7-12-13-4-3-11-9-17(16(22-2)10-14(11)12)23-25(20,21)24-18(19)6-5-15(13)19/h9-10,12-13,15,18H,3-8H2,1-2H3/t12?,13-,15-,18-,19-/m0/s1. The van der Waals surface area contributed by atoms with Crippen molar-refractivity contribution in [3.63, 3.8) is 0 Å². The first-order valence-electron chi connectivity index (χ1n) is 9.25. The lowest BCUT2D eigenvalue weighted by Crippen LogP contribution is -2.45. The maximum Gasteiger partial charge on any atom is 0.449 e. The van der Waals surface area contributed by atoms with Crippen LogP contribution in [-0.4, -0.2) is 21.6 Å². The summed E-state index contributed by atoms with van der Waals surface area (Å²) < 4.78 is 41.5. The first kappa shape index (κ1) is 15.9. The number of aryl methyl sites for hydroxylation is 1. The van der Waals surface area contributed by atoms with Crippen molar-refractivity contribution in [3.05, 3.63) is 23.3 Å². The zero-order valence-corrected chi connectivity index (χ0v) is 15.5. The van der Waals surface area contributed by atoms with E-state index in [2.05, 4.69) is 6.92 Å². The zero-order chi connectivity index (χ0) is 17.4. The van der Waals surface area contributed by atoms with Gasteiger partial charge >= 0.3 is 10.4 Å². The molecule has 3 heterocycles. The molecule has 6 aliphatic rings. The molecule has 8 bridgehead atoms. The van der Waals surface area contributed by atoms with Gasteiger partial charge in [0.25, 0.3) is 0 Å². The molecule has 1 unspecified atom stereocenters. The molecule has 5 nitrogen and oxygen atoms in total. The Morgan fingerprint density at radius 1 is 1.20 bits per heavy atom. The molecular weight excluding hydrogens is 340 g/mol. The summed E-state index contributed by atoms with van der Waals surface area (Å²) in [5.41, 5.74) is 2.46. The number of benzene rings is 1. The van der Waals surface area contributed by atoms with E-state index in [4.69, 9.17) is 13.1 Å². The highest BCUT2D eigenvalue weighted by molar-refractivity contribution is 7.82. The van der Waals surface area contributed by atoms with Gasteiger partial charge < -0.3 is 8.92 Å². The molecule has 0 radical (unpaired) electrons. The zero-order valence-electron chi connectivity index (χ0n) is 14.7. The lowest BCUT2D eigenvalue weighted by molar-refractivity contribution is -0.0123. The van der Waals surface area contributed by atoms with Crippen LogP contribution in [0, 0.1) is 17.3 Å². The van der Waals surface area contributed by atoms with E-state index >= 15 is 0 Å². The molecule has 2 fully saturated rings. The summed E-state index contributed by atoms with van der Waals surface area (Å²) in [6, 6.07) is 3.86. The third-order valence-electron chi connectivity index (χ3n) is 7.35. The highest BCUT2D eigenvalue weighted by atomic mass is 32.3. The molecule has 0 N–H and O–H groups in total. The van der Waals surface area contributed by atoms with Gasteiger partial charge in [-0.05, 0) is 85.0 Å². The number of rotatable bonds is 1. The summed E-state index contributed by atoms with van der Waals surface area (Å²) >= 11 is 0. The van der Waals surface area contributed by atoms with Gasteiger partial charge in [-0.3, -0.25) is 0 Å². The van der Waals surface area contributed by atoms with Crippen molar-refractivity contribution in [3.8, 4) is 11.5 Å². The van der Waals surface area contributed by atoms with Crippen LogP contribution in [0.4, 0.5) is 0 Å². The van der Waals surface area contributed by atoms with Crippen molar-refractivity contribution < 1.29 is 21.5 Å². The second-order valence-corrected chi connectivity index (χ2v) is 9.49. The quantitative estimate of drug-likeness (QED) is 0.762. The van der Waals surface area contributed by atoms with E-state index in [-0.39, 0.29) is 17.3 Å². The molecule has 0 aromatic heterocycles. The number of fused-ring (bicyclic) bond motifs is 2. The first-order chi connectivity index (χ1) is 11.9. The van der Waals surface area contributed by atoms with Crippen LogP contribution in [0.5, 0.6) is 11.5 Å². The van der Waals surface area contributed by atoms with Gasteiger partial charge in [0.1, 0.15) is 0 Å². The van der Waals surface area contributed by atoms with Crippen LogP contribution in [0.2, 0.25) is 0 Å². The maximum absolute atomic E-state index is 12.6. The Kier molecular flexibility index (Phi) is 3.27. The molecule has 3 aliphatic carbocycles. The third kappa shape index (κ3) is 2.19. The molecule has 0 saturated heterocycles. The Bertz CT molecular complexity index is 832. The fourth-order valence-electron chi connectivity index (χ4n) is 6.18. The highest BCUT2D eigenvalue weighted by Crippen LogP contribution is 2.62. The van der Waals surface area contributed by atoms with Gasteiger partial charge in [0, 0.05) is 0 Å². The SMILES string of the molecule is COc1cc2c3cc1OS(=O)(=O)O[C@H]1CC[C@H]4[C@@H](CC3)C2CC[C@]14C. The van der Waals surface area contributed by atoms with E-state index in [1.165, 1.54) is 17.5 Å². The van der Waals surface area contributed by atoms with Crippen LogP contribution in [-0.2, 0) is 21.0 Å². The third-order valence-corrected chi connectivity index (χ3v) is 8.20. The minimum Gasteiger partial charge on any atom is -0.493 e. The smallest absolute Gasteiger partial charge is 0.449 e. The van der Waals surface area contributed by atoms with Crippen molar-refractivity contribution in [1.29, 1.82) is 0 Å². The molecule has 0 spiro atoms. The number of methoxy groups -OCH3 is 1. The van der Waals surface area contributed by atoms with Crippen LogP contribution in [0.25, 0.3) is 0 Å². The van der Waals surface area contributed by atoms with Crippen LogP contribution in [0.3, 0.4) is 0 Å². The minimum absolute atomic E-state index is 0.0731. The van der Waals surface area contributed by atoms with Gasteiger partial charge in [-0.25, -0.2) is 4.18 Å². The average Bonchev–Trinajstić information content (AvgIpc) is 2.89. The molecule has 25 heavy (non-hydrogen) atoms. The van der Waals surface area contributed by atoms with E-state index in [0.717, 1.165) is 32.1 Å². The van der Waals surface area contributed by atoms with Crippen molar-refractivity contribution >= 4 is 10.4 Å². The fourth-order valence-corrected chi connectivity index (χ4v) is 7.17. The molecule has 136 valence electrons. The minimum atomic E-state index is -4.12. The molecule has 2 saturated carbocycles. The van der Waals surface area contributed by atoms with Gasteiger partial charge in [-0.15, -0.1) is 0 Å². The largest absolute Gasteiger partial charge is 0.493 e. The molecular formula is C19H24O5S. The average molecular weight is 364 g/mol. The summed E-state index contributed by atoms with van der Waals surface area (Å²) in [7, 11) is -2.57. The molecule has 5 atom stereocenters. The number of ether oxygens (including phenoxy) is 1. The number of hydrogen-bond acceptors (Lipinski definition) is 5. The van der Waals surface area contributed by atoms with Crippen LogP contribution in [0.1, 0.15) is 56.1 Å². The Morgan fingerprint density at radius 2 is 2.04 bits per heavy atom. The first-order valence-corrected chi connectivity index (χ1v) is 10.6. The van der Waals surface area contributed by atoms with Crippen molar-refractivity contribution in [2.45, 2.75) is 57.5 Å². The van der Waals surface area contributed by atoms with E-state index in [0.29, 0.717) is 23.5 Å². The van der Waals surface area contributed by atoms with Crippen LogP contribution >= 0.6 is 0 Å². The van der Waals surface area contributed by atoms with E-state index in [1.54, 1.807) is 7.11 Å². The molecule has 3 aliphatic heterocycles. The summed E-state index contributed by atoms with van der Waals surface area (Å²) in [6.07, 6.45) is 5.80. The van der Waals surface area contributed by atoms with E-state index in [9.17, 15) is 8.42 Å². The fraction of sp³-hybridized carbons (Fsp3) is 0.684. The van der Waals surface area contributed by atoms with Crippen molar-refractivity contribution in [2.75, 3.05) is 7.11 Å². The van der Waals surface area contributed by atoms with Crippen molar-refractivity contribution in [1.82, 2.24) is 0 Å². The predicted molar refractivity (Wildman–Crippen MR) is 92.0 cm³/mol. The summed E-state index contributed by atoms with van der Waals surface area (Å²) in [4.78, 5) is 0. The molecule has 1 aromatic rings. The molecule has 7 rings (SSSR count). The van der Waals surface area contributed by atoms with Gasteiger partial charge in [0.15, 0.2) is 11.5 Å². The Balaban J connectivity index is 1.75. The van der Waals surface area contributed by atoms with E-state index < -0.39 is 10.4 Å². The summed E-state index contributed by atoms with van der Waals surface area (Å²) in [6.45, 7) is 2.23. The molecule has 1 aromatic carbocycles. The molecule has 0 amide bonds. The lowest BCUT2D eigenvalue weighted by Gasteiger charge is -2.50. The van der Waals surface area contributed by atoms with E-state index in [1.807, 2.05) is 12.1 Å². The normalized spacial score (nSPS) is 40.4. The number of hydrogen-bond donors (Lipinski definition) is 0. The topological polar surface area (TPSA) is 61.8 Å². The monoisotopic (exact) mass is 364 g/mol. The lowest BCUT2D eigenvalue weighted by atomic mass is 9.55. The highest BCUT2D eigenvalue weighted by Gasteiger charge is 2.57. The van der Waals surface area contributed by atoms with Gasteiger partial charge in [-0.1, -0.05) is 6.92 Å². The molecule has 6 heteroatoms. The van der Waals surface area contributed by atoms with Crippen LogP contribution in [0.15, 0.2) is 12.1 Å². The Labute approximate surface area is 149 Å². The van der Waals surface area contributed by atoms with Crippen LogP contribution < -0.4 is 8.92 Å². The van der Waals surface area contributed by atoms with Gasteiger partial charge in [-0.2, -0.15) is 8.42 Å². The summed E-state index contributed by atoms with van der Waals surface area (Å²) in [5.74, 6) is 2.39. The maximum atomic E-state index is 12.6. The van der Waals surface area contributed by atoms with Gasteiger partial charge in [0.2, 0.25) is 0 Å². The summed E-state index contributed by atoms with van der Waals surface area (Å²) in [5, 5.41) is 0. The Morgan fingerprint density at radius 3 is 2.84 bits per heavy atom. The van der Waals surface area contributed by atoms with Crippen molar-refractivity contribution in [2.24, 2.45) is 17.3 Å². The predicted octanol–water partition coefficient (Wildman–Crippen LogP) is 3.57. The second kappa shape index (κ2) is 5.13. The van der Waals surface area contributed by atoms with Gasteiger partial charge in [0.05, 0.1) is 13.2 Å². The second-order valence-electron chi connectivity index (χ2n) is 8.32. The Hall–Kier alpha value is -1.27.